The SMILES string of the molecule is COCCCNC(=O)c1ccc(N2CCN(c3ccccn3)CC2)c([N+](=O)[O-])c1. The monoisotopic (exact) mass is 399 g/mol. The zero-order valence-corrected chi connectivity index (χ0v) is 16.4. The number of benzene rings is 1. The van der Waals surface area contributed by atoms with Crippen LogP contribution in [-0.4, -0.2) is 62.3 Å². The second-order valence-electron chi connectivity index (χ2n) is 6.72. The van der Waals surface area contributed by atoms with Crippen molar-refractivity contribution in [3.05, 3.63) is 58.3 Å². The van der Waals surface area contributed by atoms with E-state index < -0.39 is 4.92 Å². The summed E-state index contributed by atoms with van der Waals surface area (Å²) in [6.45, 7) is 3.72. The van der Waals surface area contributed by atoms with Crippen LogP contribution in [0.15, 0.2) is 42.6 Å². The maximum atomic E-state index is 12.3. The molecule has 1 aromatic heterocycles. The predicted molar refractivity (Wildman–Crippen MR) is 111 cm³/mol. The van der Waals surface area contributed by atoms with Gasteiger partial charge in [-0.25, -0.2) is 4.98 Å². The maximum absolute atomic E-state index is 12.3. The molecule has 9 heteroatoms. The van der Waals surface area contributed by atoms with E-state index in [-0.39, 0.29) is 17.2 Å². The molecule has 2 heterocycles. The third kappa shape index (κ3) is 5.20. The molecule has 0 radical (unpaired) electrons. The number of rotatable bonds is 8. The average Bonchev–Trinajstić information content (AvgIpc) is 2.77. The smallest absolute Gasteiger partial charge is 0.293 e. The Bertz CT molecular complexity index is 838. The summed E-state index contributed by atoms with van der Waals surface area (Å²) in [5.74, 6) is 0.581. The standard InChI is InChI=1S/C20H25N5O4/c1-29-14-4-9-22-20(26)16-6-7-17(18(15-16)25(27)28)23-10-12-24(13-11-23)19-5-2-3-8-21-19/h2-3,5-8,15H,4,9-14H2,1H3,(H,22,26). The lowest BCUT2D eigenvalue weighted by Crippen LogP contribution is -2.47. The fourth-order valence-corrected chi connectivity index (χ4v) is 3.32. The lowest BCUT2D eigenvalue weighted by atomic mass is 10.1. The number of hydrogen-bond donors (Lipinski definition) is 1. The summed E-state index contributed by atoms with van der Waals surface area (Å²) in [4.78, 5) is 32.0. The number of carbonyl (C=O) groups excluding carboxylic acids is 1. The van der Waals surface area contributed by atoms with Crippen LogP contribution in [0.25, 0.3) is 0 Å². The first-order valence-electron chi connectivity index (χ1n) is 9.56. The summed E-state index contributed by atoms with van der Waals surface area (Å²) < 4.78 is 4.95. The second-order valence-corrected chi connectivity index (χ2v) is 6.72. The molecule has 2 aromatic rings. The highest BCUT2D eigenvalue weighted by molar-refractivity contribution is 5.95. The van der Waals surface area contributed by atoms with Gasteiger partial charge in [-0.3, -0.25) is 14.9 Å². The molecule has 0 bridgehead atoms. The van der Waals surface area contributed by atoms with Crippen LogP contribution in [0, 0.1) is 10.1 Å². The van der Waals surface area contributed by atoms with E-state index in [0.717, 1.165) is 18.9 Å². The molecule has 0 spiro atoms. The zero-order valence-electron chi connectivity index (χ0n) is 16.4. The largest absolute Gasteiger partial charge is 0.385 e. The molecule has 0 aliphatic carbocycles. The highest BCUT2D eigenvalue weighted by Crippen LogP contribution is 2.30. The van der Waals surface area contributed by atoms with Gasteiger partial charge in [-0.2, -0.15) is 0 Å². The Balaban J connectivity index is 1.68. The van der Waals surface area contributed by atoms with Gasteiger partial charge in [0.15, 0.2) is 0 Å². The number of methoxy groups -OCH3 is 1. The second kappa shape index (κ2) is 9.83. The molecule has 154 valence electrons. The number of nitro benzene ring substituents is 1. The van der Waals surface area contributed by atoms with Gasteiger partial charge in [0.1, 0.15) is 11.5 Å². The van der Waals surface area contributed by atoms with E-state index in [1.807, 2.05) is 23.1 Å². The van der Waals surface area contributed by atoms with E-state index in [0.29, 0.717) is 38.3 Å². The van der Waals surface area contributed by atoms with Gasteiger partial charge in [-0.15, -0.1) is 0 Å². The lowest BCUT2D eigenvalue weighted by Gasteiger charge is -2.36. The van der Waals surface area contributed by atoms with Crippen LogP contribution in [0.2, 0.25) is 0 Å². The Morgan fingerprint density at radius 1 is 1.21 bits per heavy atom. The van der Waals surface area contributed by atoms with Gasteiger partial charge in [0.05, 0.1) is 4.92 Å². The maximum Gasteiger partial charge on any atom is 0.293 e. The summed E-state index contributed by atoms with van der Waals surface area (Å²) in [5, 5.41) is 14.4. The average molecular weight is 399 g/mol. The normalized spacial score (nSPS) is 14.0. The fourth-order valence-electron chi connectivity index (χ4n) is 3.32. The number of aromatic nitrogens is 1. The molecular formula is C20H25N5O4. The van der Waals surface area contributed by atoms with Crippen molar-refractivity contribution in [2.45, 2.75) is 6.42 Å². The molecule has 1 fully saturated rings. The van der Waals surface area contributed by atoms with Gasteiger partial charge in [0.25, 0.3) is 11.6 Å². The molecule has 0 saturated carbocycles. The van der Waals surface area contributed by atoms with E-state index in [1.54, 1.807) is 25.4 Å². The Labute approximate surface area is 169 Å². The van der Waals surface area contributed by atoms with Crippen molar-refractivity contribution in [2.75, 3.05) is 56.2 Å². The van der Waals surface area contributed by atoms with E-state index in [2.05, 4.69) is 15.2 Å². The summed E-state index contributed by atoms with van der Waals surface area (Å²) >= 11 is 0. The topological polar surface area (TPSA) is 101 Å². The van der Waals surface area contributed by atoms with Crippen LogP contribution in [0.5, 0.6) is 0 Å². The number of piperazine rings is 1. The minimum Gasteiger partial charge on any atom is -0.385 e. The van der Waals surface area contributed by atoms with Gasteiger partial charge in [-0.05, 0) is 30.7 Å². The Hall–Kier alpha value is -3.20. The number of hydrogen-bond acceptors (Lipinski definition) is 7. The Kier molecular flexibility index (Phi) is 6.96. The van der Waals surface area contributed by atoms with Crippen molar-refractivity contribution in [1.82, 2.24) is 10.3 Å². The van der Waals surface area contributed by atoms with Crippen LogP contribution < -0.4 is 15.1 Å². The van der Waals surface area contributed by atoms with E-state index >= 15 is 0 Å². The molecule has 1 aliphatic rings. The molecule has 3 rings (SSSR count). The highest BCUT2D eigenvalue weighted by atomic mass is 16.6. The minimum absolute atomic E-state index is 0.0548. The van der Waals surface area contributed by atoms with E-state index in [9.17, 15) is 14.9 Å². The number of nitrogens with zero attached hydrogens (tertiary/aromatic N) is 4. The van der Waals surface area contributed by atoms with Crippen LogP contribution in [0.1, 0.15) is 16.8 Å². The Morgan fingerprint density at radius 3 is 2.62 bits per heavy atom. The summed E-state index contributed by atoms with van der Waals surface area (Å²) in [7, 11) is 1.60. The van der Waals surface area contributed by atoms with Crippen molar-refractivity contribution in [3.63, 3.8) is 0 Å². The Morgan fingerprint density at radius 2 is 1.97 bits per heavy atom. The molecule has 1 saturated heterocycles. The predicted octanol–water partition coefficient (Wildman–Crippen LogP) is 2.08. The van der Waals surface area contributed by atoms with Crippen LogP contribution in [-0.2, 0) is 4.74 Å². The minimum atomic E-state index is -0.428. The molecule has 1 aliphatic heterocycles. The molecule has 0 atom stereocenters. The molecule has 1 aromatic carbocycles. The molecule has 1 amide bonds. The van der Waals surface area contributed by atoms with Crippen LogP contribution >= 0.6 is 0 Å². The summed E-state index contributed by atoms with van der Waals surface area (Å²) in [6, 6.07) is 10.4. The van der Waals surface area contributed by atoms with Crippen LogP contribution in [0.4, 0.5) is 17.2 Å². The van der Waals surface area contributed by atoms with Gasteiger partial charge in [0, 0.05) is 64.3 Å². The first-order chi connectivity index (χ1) is 14.1. The number of ether oxygens (including phenoxy) is 1. The van der Waals surface area contributed by atoms with Gasteiger partial charge >= 0.3 is 0 Å². The molecule has 9 nitrogen and oxygen atoms in total. The van der Waals surface area contributed by atoms with E-state index in [4.69, 9.17) is 4.74 Å². The first kappa shape index (κ1) is 20.5. The quantitative estimate of drug-likeness (QED) is 0.412. The molecule has 29 heavy (non-hydrogen) atoms. The highest BCUT2D eigenvalue weighted by Gasteiger charge is 2.25. The van der Waals surface area contributed by atoms with Crippen molar-refractivity contribution < 1.29 is 14.5 Å². The molecule has 1 N–H and O–H groups in total. The number of amides is 1. The fraction of sp³-hybridized carbons (Fsp3) is 0.400. The van der Waals surface area contributed by atoms with Gasteiger partial charge in [-0.1, -0.05) is 6.07 Å². The summed E-state index contributed by atoms with van der Waals surface area (Å²) in [6.07, 6.45) is 2.44. The van der Waals surface area contributed by atoms with Crippen molar-refractivity contribution in [2.24, 2.45) is 0 Å². The molecular weight excluding hydrogens is 374 g/mol. The van der Waals surface area contributed by atoms with E-state index in [1.165, 1.54) is 6.07 Å². The van der Waals surface area contributed by atoms with Crippen LogP contribution in [0.3, 0.4) is 0 Å². The third-order valence-electron chi connectivity index (χ3n) is 4.84. The summed E-state index contributed by atoms with van der Waals surface area (Å²) in [5.41, 5.74) is 0.761. The zero-order chi connectivity index (χ0) is 20.6. The number of pyridine rings is 1. The van der Waals surface area contributed by atoms with Crippen molar-refractivity contribution in [1.29, 1.82) is 0 Å². The lowest BCUT2D eigenvalue weighted by molar-refractivity contribution is -0.384. The van der Waals surface area contributed by atoms with Crippen molar-refractivity contribution >= 4 is 23.1 Å². The number of nitrogens with one attached hydrogen (secondary N) is 1. The third-order valence-corrected chi connectivity index (χ3v) is 4.84. The first-order valence-corrected chi connectivity index (χ1v) is 9.56. The molecule has 0 unspecified atom stereocenters. The number of anilines is 2. The van der Waals surface area contributed by atoms with Gasteiger partial charge < -0.3 is 19.9 Å². The van der Waals surface area contributed by atoms with Crippen molar-refractivity contribution in [3.8, 4) is 0 Å². The van der Waals surface area contributed by atoms with Gasteiger partial charge in [0.2, 0.25) is 0 Å². The number of nitro groups is 1. The number of carbonyl (C=O) groups is 1.